The lowest BCUT2D eigenvalue weighted by molar-refractivity contribution is 0.134. The molecule has 0 aromatic carbocycles. The molecule has 102 valence electrons. The molecular formula is C14H30N2O. The van der Waals surface area contributed by atoms with E-state index < -0.39 is 0 Å². The largest absolute Gasteiger partial charge is 0.383 e. The molecule has 0 aliphatic heterocycles. The summed E-state index contributed by atoms with van der Waals surface area (Å²) in [5.41, 5.74) is 0. The summed E-state index contributed by atoms with van der Waals surface area (Å²) in [6.45, 7) is 8.82. The summed E-state index contributed by atoms with van der Waals surface area (Å²) in [5, 5.41) is 3.59. The molecule has 1 aliphatic rings. The predicted octanol–water partition coefficient (Wildman–Crippen LogP) is 2.27. The highest BCUT2D eigenvalue weighted by atomic mass is 16.5. The maximum absolute atomic E-state index is 5.32. The van der Waals surface area contributed by atoms with Crippen molar-refractivity contribution < 1.29 is 4.74 Å². The van der Waals surface area contributed by atoms with Gasteiger partial charge in [-0.15, -0.1) is 0 Å². The monoisotopic (exact) mass is 242 g/mol. The van der Waals surface area contributed by atoms with E-state index >= 15 is 0 Å². The molecular weight excluding hydrogens is 212 g/mol. The molecule has 1 N–H and O–H groups in total. The third kappa shape index (κ3) is 6.39. The highest BCUT2D eigenvalue weighted by molar-refractivity contribution is 4.87. The van der Waals surface area contributed by atoms with Crippen LogP contribution in [0.25, 0.3) is 0 Å². The molecule has 0 radical (unpaired) electrons. The number of hydrogen-bond acceptors (Lipinski definition) is 3. The van der Waals surface area contributed by atoms with Gasteiger partial charge in [0.15, 0.2) is 0 Å². The molecule has 3 nitrogen and oxygen atoms in total. The Labute approximate surface area is 107 Å². The molecule has 1 rings (SSSR count). The lowest BCUT2D eigenvalue weighted by Gasteiger charge is -2.27. The minimum atomic E-state index is 0.498. The normalized spacial score (nSPS) is 17.6. The fraction of sp³-hybridized carbons (Fsp3) is 1.00. The van der Waals surface area contributed by atoms with E-state index in [0.29, 0.717) is 6.04 Å². The number of unbranched alkanes of at least 4 members (excludes halogenated alkanes) is 1. The van der Waals surface area contributed by atoms with Crippen LogP contribution in [0, 0.1) is 0 Å². The first kappa shape index (κ1) is 14.9. The number of rotatable bonds is 11. The third-order valence-corrected chi connectivity index (χ3v) is 3.37. The molecule has 0 heterocycles. The number of ether oxygens (including phenoxy) is 1. The number of nitrogens with zero attached hydrogens (tertiary/aromatic N) is 1. The molecule has 0 saturated heterocycles. The van der Waals surface area contributed by atoms with Crippen molar-refractivity contribution in [1.82, 2.24) is 10.2 Å². The molecule has 0 bridgehead atoms. The van der Waals surface area contributed by atoms with E-state index in [9.17, 15) is 0 Å². The van der Waals surface area contributed by atoms with Gasteiger partial charge in [0.25, 0.3) is 0 Å². The molecule has 0 spiro atoms. The van der Waals surface area contributed by atoms with Crippen molar-refractivity contribution in [2.24, 2.45) is 0 Å². The lowest BCUT2D eigenvalue weighted by Crippen LogP contribution is -2.45. The average molecular weight is 242 g/mol. The highest BCUT2D eigenvalue weighted by Crippen LogP contribution is 2.27. The summed E-state index contributed by atoms with van der Waals surface area (Å²) in [7, 11) is 1.80. The van der Waals surface area contributed by atoms with Crippen LogP contribution in [0.15, 0.2) is 0 Å². The fourth-order valence-electron chi connectivity index (χ4n) is 2.23. The van der Waals surface area contributed by atoms with Gasteiger partial charge >= 0.3 is 0 Å². The Kier molecular flexibility index (Phi) is 7.82. The summed E-state index contributed by atoms with van der Waals surface area (Å²) >= 11 is 0. The van der Waals surface area contributed by atoms with Gasteiger partial charge in [-0.2, -0.15) is 0 Å². The van der Waals surface area contributed by atoms with Gasteiger partial charge in [0.05, 0.1) is 6.61 Å². The maximum Gasteiger partial charge on any atom is 0.0628 e. The average Bonchev–Trinajstić information content (AvgIpc) is 3.15. The number of hydrogen-bond donors (Lipinski definition) is 1. The van der Waals surface area contributed by atoms with Crippen LogP contribution in [0.3, 0.4) is 0 Å². The van der Waals surface area contributed by atoms with Crippen molar-refractivity contribution >= 4 is 0 Å². The Morgan fingerprint density at radius 3 is 2.59 bits per heavy atom. The van der Waals surface area contributed by atoms with Gasteiger partial charge < -0.3 is 10.1 Å². The SMILES string of the molecule is CCCCN(CC(COC)NCCC)C1CC1. The number of nitrogens with one attached hydrogen (secondary N) is 1. The summed E-state index contributed by atoms with van der Waals surface area (Å²) in [6.07, 6.45) is 6.61. The van der Waals surface area contributed by atoms with E-state index in [1.165, 1.54) is 38.6 Å². The summed E-state index contributed by atoms with van der Waals surface area (Å²) in [6, 6.07) is 1.36. The van der Waals surface area contributed by atoms with Crippen molar-refractivity contribution in [2.75, 3.05) is 33.4 Å². The zero-order valence-electron chi connectivity index (χ0n) is 11.9. The Morgan fingerprint density at radius 1 is 1.29 bits per heavy atom. The smallest absolute Gasteiger partial charge is 0.0628 e. The summed E-state index contributed by atoms with van der Waals surface area (Å²) in [4.78, 5) is 2.66. The van der Waals surface area contributed by atoms with E-state index in [2.05, 4.69) is 24.1 Å². The van der Waals surface area contributed by atoms with Crippen LogP contribution in [0.5, 0.6) is 0 Å². The van der Waals surface area contributed by atoms with Crippen molar-refractivity contribution in [3.05, 3.63) is 0 Å². The van der Waals surface area contributed by atoms with Gasteiger partial charge in [-0.1, -0.05) is 20.3 Å². The standard InChI is InChI=1S/C14H30N2O/c1-4-6-10-16(14-7-8-14)11-13(12-17-3)15-9-5-2/h13-15H,4-12H2,1-3H3. The van der Waals surface area contributed by atoms with Gasteiger partial charge in [-0.25, -0.2) is 0 Å². The molecule has 1 atom stereocenters. The van der Waals surface area contributed by atoms with Crippen LogP contribution >= 0.6 is 0 Å². The van der Waals surface area contributed by atoms with Crippen molar-refractivity contribution in [3.8, 4) is 0 Å². The number of methoxy groups -OCH3 is 1. The van der Waals surface area contributed by atoms with Crippen LogP contribution in [0.2, 0.25) is 0 Å². The second kappa shape index (κ2) is 8.90. The van der Waals surface area contributed by atoms with Crippen LogP contribution < -0.4 is 5.32 Å². The van der Waals surface area contributed by atoms with Crippen LogP contribution in [-0.2, 0) is 4.74 Å². The van der Waals surface area contributed by atoms with Gasteiger partial charge in [0, 0.05) is 25.7 Å². The summed E-state index contributed by atoms with van der Waals surface area (Å²) in [5.74, 6) is 0. The van der Waals surface area contributed by atoms with Crippen molar-refractivity contribution in [3.63, 3.8) is 0 Å². The van der Waals surface area contributed by atoms with Gasteiger partial charge in [0.1, 0.15) is 0 Å². The molecule has 1 fully saturated rings. The molecule has 1 saturated carbocycles. The fourth-order valence-corrected chi connectivity index (χ4v) is 2.23. The molecule has 0 aromatic heterocycles. The Morgan fingerprint density at radius 2 is 2.06 bits per heavy atom. The van der Waals surface area contributed by atoms with Gasteiger partial charge in [-0.05, 0) is 38.8 Å². The van der Waals surface area contributed by atoms with E-state index in [4.69, 9.17) is 4.74 Å². The quantitative estimate of drug-likeness (QED) is 0.601. The zero-order valence-corrected chi connectivity index (χ0v) is 11.9. The minimum Gasteiger partial charge on any atom is -0.383 e. The van der Waals surface area contributed by atoms with Gasteiger partial charge in [0.2, 0.25) is 0 Å². The first-order valence-corrected chi connectivity index (χ1v) is 7.28. The maximum atomic E-state index is 5.32. The van der Waals surface area contributed by atoms with Crippen molar-refractivity contribution in [2.45, 2.75) is 58.0 Å². The van der Waals surface area contributed by atoms with E-state index in [0.717, 1.165) is 25.7 Å². The minimum absolute atomic E-state index is 0.498. The Bertz CT molecular complexity index is 183. The third-order valence-electron chi connectivity index (χ3n) is 3.37. The first-order chi connectivity index (χ1) is 8.31. The second-order valence-corrected chi connectivity index (χ2v) is 5.19. The predicted molar refractivity (Wildman–Crippen MR) is 73.5 cm³/mol. The van der Waals surface area contributed by atoms with Gasteiger partial charge in [-0.3, -0.25) is 4.90 Å². The lowest BCUT2D eigenvalue weighted by atomic mass is 10.2. The topological polar surface area (TPSA) is 24.5 Å². The molecule has 17 heavy (non-hydrogen) atoms. The Hall–Kier alpha value is -0.120. The van der Waals surface area contributed by atoms with E-state index in [1.54, 1.807) is 7.11 Å². The highest BCUT2D eigenvalue weighted by Gasteiger charge is 2.29. The van der Waals surface area contributed by atoms with E-state index in [-0.39, 0.29) is 0 Å². The zero-order chi connectivity index (χ0) is 12.5. The molecule has 1 aliphatic carbocycles. The molecule has 0 amide bonds. The molecule has 0 aromatic rings. The molecule has 1 unspecified atom stereocenters. The van der Waals surface area contributed by atoms with Crippen LogP contribution in [0.1, 0.15) is 46.0 Å². The second-order valence-electron chi connectivity index (χ2n) is 5.19. The van der Waals surface area contributed by atoms with Crippen LogP contribution in [-0.4, -0.2) is 50.3 Å². The van der Waals surface area contributed by atoms with E-state index in [1.807, 2.05) is 0 Å². The van der Waals surface area contributed by atoms with Crippen molar-refractivity contribution in [1.29, 1.82) is 0 Å². The van der Waals surface area contributed by atoms with Crippen LogP contribution in [0.4, 0.5) is 0 Å². The first-order valence-electron chi connectivity index (χ1n) is 7.28. The summed E-state index contributed by atoms with van der Waals surface area (Å²) < 4.78 is 5.32. The molecule has 3 heteroatoms. The Balaban J connectivity index is 2.31.